The summed E-state index contributed by atoms with van der Waals surface area (Å²) in [5.41, 5.74) is 21.1. The molecule has 4 aromatic heterocycles. The maximum absolute atomic E-state index is 6.94. The van der Waals surface area contributed by atoms with E-state index in [0.29, 0.717) is 0 Å². The molecule has 0 unspecified atom stereocenters. The summed E-state index contributed by atoms with van der Waals surface area (Å²) in [5, 5.41) is 12.8. The van der Waals surface area contributed by atoms with Gasteiger partial charge in [0.2, 0.25) is 0 Å². The number of nitrogens with zero attached hydrogens (tertiary/aromatic N) is 2. The van der Waals surface area contributed by atoms with Crippen LogP contribution in [-0.4, -0.2) is 0 Å². The molecule has 0 aliphatic heterocycles. The van der Waals surface area contributed by atoms with Crippen LogP contribution in [0.15, 0.2) is 333 Å². The van der Waals surface area contributed by atoms with Gasteiger partial charge in [-0.05, 0) is 151 Å². The summed E-state index contributed by atoms with van der Waals surface area (Å²) in [6.07, 6.45) is 0. The molecule has 0 radical (unpaired) electrons. The van der Waals surface area contributed by atoms with Crippen molar-refractivity contribution in [2.75, 3.05) is 9.80 Å². The summed E-state index contributed by atoms with van der Waals surface area (Å²) in [4.78, 5) is 4.69. The summed E-state index contributed by atoms with van der Waals surface area (Å²) in [5.74, 6) is 0. The Kier molecular flexibility index (Phi) is 11.6. The Morgan fingerprint density at radius 2 is 0.467 bits per heavy atom. The number of fused-ring (bicyclic) bond motifs is 14. The molecule has 0 fully saturated rings. The van der Waals surface area contributed by atoms with Crippen LogP contribution in [0, 0.1) is 0 Å². The van der Waals surface area contributed by atoms with E-state index in [1.165, 1.54) is 0 Å². The van der Waals surface area contributed by atoms with Crippen molar-refractivity contribution >= 4 is 143 Å². The Balaban J connectivity index is 0.906. The fourth-order valence-corrected chi connectivity index (χ4v) is 14.4. The van der Waals surface area contributed by atoms with Crippen molar-refractivity contribution < 1.29 is 17.7 Å². The second kappa shape index (κ2) is 20.6. The predicted molar refractivity (Wildman–Crippen MR) is 382 cm³/mol. The standard InChI is InChI=1S/C86H52N2O4/c1-3-17-53(18-4-1)55-33-37-57(38-34-55)83-69-47-43-60(88(62-42-46-68-64-22-8-12-30-78(64)90-82(68)52-62)76-28-16-26-72-66-24-10-14-32-80(66)92-86(72)76)50-74(69)84(58-39-35-56(36-40-58)54-19-5-2-6-20-54)70-48-44-59(49-73(70)83)87(61-41-45-67-63-21-7-11-29-77(63)89-81(67)51-61)75-27-15-25-71-65-23-9-13-31-79(65)91-85(71)75/h1-52H. The topological polar surface area (TPSA) is 59.0 Å². The van der Waals surface area contributed by atoms with Crippen molar-refractivity contribution in [2.45, 2.75) is 0 Å². The van der Waals surface area contributed by atoms with Crippen molar-refractivity contribution in [1.82, 2.24) is 0 Å². The Morgan fingerprint density at radius 3 is 0.870 bits per heavy atom. The van der Waals surface area contributed by atoms with E-state index in [1.54, 1.807) is 0 Å². The molecule has 430 valence electrons. The van der Waals surface area contributed by atoms with E-state index in [0.717, 1.165) is 188 Å². The average molecular weight is 1180 g/mol. The van der Waals surface area contributed by atoms with E-state index >= 15 is 0 Å². The van der Waals surface area contributed by atoms with Gasteiger partial charge in [-0.25, -0.2) is 0 Å². The minimum Gasteiger partial charge on any atom is -0.456 e. The molecule has 0 aliphatic rings. The molecule has 0 aliphatic carbocycles. The molecule has 19 rings (SSSR count). The summed E-state index contributed by atoms with van der Waals surface area (Å²) in [6.45, 7) is 0. The van der Waals surface area contributed by atoms with Crippen molar-refractivity contribution in [3.63, 3.8) is 0 Å². The molecule has 0 amide bonds. The number of hydrogen-bond acceptors (Lipinski definition) is 6. The van der Waals surface area contributed by atoms with E-state index in [1.807, 2.05) is 36.4 Å². The Hall–Kier alpha value is -12.4. The van der Waals surface area contributed by atoms with Gasteiger partial charge in [0.1, 0.15) is 33.5 Å². The molecule has 0 spiro atoms. The largest absolute Gasteiger partial charge is 0.456 e. The zero-order chi connectivity index (χ0) is 60.4. The summed E-state index contributed by atoms with van der Waals surface area (Å²) in [6, 6.07) is 113. The van der Waals surface area contributed by atoms with Gasteiger partial charge in [0, 0.05) is 66.6 Å². The van der Waals surface area contributed by atoms with Crippen LogP contribution < -0.4 is 9.80 Å². The van der Waals surface area contributed by atoms with Gasteiger partial charge in [0.05, 0.1) is 22.7 Å². The average Bonchev–Trinajstić information content (AvgIpc) is 1.01. The number of hydrogen-bond donors (Lipinski definition) is 0. The SMILES string of the molecule is c1ccc(-c2ccc(-c3c4ccc(N(c5ccc6c(c5)oc5ccccc56)c5cccc6c5oc5ccccc56)cc4c(-c4ccc(-c5ccccc5)cc4)c4ccc(N(c5ccc6c(c5)oc5ccccc56)c5cccc6c5oc5ccccc56)cc34)cc2)cc1. The highest BCUT2D eigenvalue weighted by molar-refractivity contribution is 6.24. The zero-order valence-corrected chi connectivity index (χ0v) is 49.5. The highest BCUT2D eigenvalue weighted by Gasteiger charge is 2.27. The normalized spacial score (nSPS) is 11.9. The molecule has 6 nitrogen and oxygen atoms in total. The van der Waals surface area contributed by atoms with Crippen molar-refractivity contribution in [1.29, 1.82) is 0 Å². The minimum absolute atomic E-state index is 0.794. The third-order valence-corrected chi connectivity index (χ3v) is 18.7. The van der Waals surface area contributed by atoms with Gasteiger partial charge in [-0.2, -0.15) is 0 Å². The van der Waals surface area contributed by atoms with Gasteiger partial charge in [-0.1, -0.05) is 218 Å². The Labute approximate surface area is 527 Å². The lowest BCUT2D eigenvalue weighted by molar-refractivity contribution is 0.667. The molecule has 15 aromatic carbocycles. The van der Waals surface area contributed by atoms with Crippen LogP contribution in [0.5, 0.6) is 0 Å². The van der Waals surface area contributed by atoms with Gasteiger partial charge in [0.15, 0.2) is 11.2 Å². The second-order valence-electron chi connectivity index (χ2n) is 23.8. The van der Waals surface area contributed by atoms with Gasteiger partial charge < -0.3 is 27.5 Å². The molecule has 6 heteroatoms. The van der Waals surface area contributed by atoms with Crippen molar-refractivity contribution in [3.8, 4) is 44.5 Å². The molecule has 0 atom stereocenters. The van der Waals surface area contributed by atoms with Gasteiger partial charge in [0.25, 0.3) is 0 Å². The van der Waals surface area contributed by atoms with Gasteiger partial charge >= 0.3 is 0 Å². The van der Waals surface area contributed by atoms with E-state index in [9.17, 15) is 0 Å². The number of anilines is 6. The number of benzene rings is 15. The van der Waals surface area contributed by atoms with E-state index in [-0.39, 0.29) is 0 Å². The summed E-state index contributed by atoms with van der Waals surface area (Å²) < 4.78 is 27.2. The van der Waals surface area contributed by atoms with E-state index in [2.05, 4.69) is 289 Å². The molecule has 0 saturated heterocycles. The molecule has 19 aromatic rings. The van der Waals surface area contributed by atoms with Crippen LogP contribution in [0.25, 0.3) is 154 Å². The lowest BCUT2D eigenvalue weighted by Crippen LogP contribution is -2.11. The van der Waals surface area contributed by atoms with Crippen LogP contribution in [-0.2, 0) is 0 Å². The van der Waals surface area contributed by atoms with Crippen LogP contribution >= 0.6 is 0 Å². The predicted octanol–water partition coefficient (Wildman–Crippen LogP) is 25.2. The lowest BCUT2D eigenvalue weighted by Gasteiger charge is -2.28. The minimum atomic E-state index is 0.794. The zero-order valence-electron chi connectivity index (χ0n) is 49.5. The summed E-state index contributed by atoms with van der Waals surface area (Å²) >= 11 is 0. The van der Waals surface area contributed by atoms with Crippen molar-refractivity contribution in [3.05, 3.63) is 315 Å². The lowest BCUT2D eigenvalue weighted by atomic mass is 9.84. The van der Waals surface area contributed by atoms with Crippen molar-refractivity contribution in [2.24, 2.45) is 0 Å². The first-order chi connectivity index (χ1) is 45.6. The van der Waals surface area contributed by atoms with Crippen LogP contribution in [0.4, 0.5) is 34.1 Å². The molecule has 92 heavy (non-hydrogen) atoms. The first-order valence-electron chi connectivity index (χ1n) is 31.2. The highest BCUT2D eigenvalue weighted by Crippen LogP contribution is 2.52. The maximum atomic E-state index is 6.94. The molecule has 4 heterocycles. The molecule has 0 bridgehead atoms. The van der Waals surface area contributed by atoms with E-state index in [4.69, 9.17) is 17.7 Å². The first-order valence-corrected chi connectivity index (χ1v) is 31.2. The second-order valence-corrected chi connectivity index (χ2v) is 23.8. The van der Waals surface area contributed by atoms with Gasteiger partial charge in [-0.15, -0.1) is 0 Å². The quantitative estimate of drug-likeness (QED) is 0.127. The first kappa shape index (κ1) is 51.6. The Morgan fingerprint density at radius 1 is 0.174 bits per heavy atom. The fourth-order valence-electron chi connectivity index (χ4n) is 14.4. The van der Waals surface area contributed by atoms with Crippen LogP contribution in [0.1, 0.15) is 0 Å². The van der Waals surface area contributed by atoms with Crippen LogP contribution in [0.2, 0.25) is 0 Å². The number of rotatable bonds is 10. The van der Waals surface area contributed by atoms with Gasteiger partial charge in [-0.3, -0.25) is 0 Å². The number of para-hydroxylation sites is 6. The third-order valence-electron chi connectivity index (χ3n) is 18.7. The fraction of sp³-hybridized carbons (Fsp3) is 0. The maximum Gasteiger partial charge on any atom is 0.159 e. The molecule has 0 N–H and O–H groups in total. The third kappa shape index (κ3) is 8.21. The number of furan rings is 4. The molecular weight excluding hydrogens is 1120 g/mol. The monoisotopic (exact) mass is 1180 g/mol. The van der Waals surface area contributed by atoms with Crippen LogP contribution in [0.3, 0.4) is 0 Å². The highest BCUT2D eigenvalue weighted by atomic mass is 16.3. The summed E-state index contributed by atoms with van der Waals surface area (Å²) in [7, 11) is 0. The van der Waals surface area contributed by atoms with E-state index < -0.39 is 0 Å². The molecular formula is C86H52N2O4. The smallest absolute Gasteiger partial charge is 0.159 e. The molecule has 0 saturated carbocycles. The Bertz CT molecular complexity index is 5760.